The number of rotatable bonds is 7. The van der Waals surface area contributed by atoms with Gasteiger partial charge in [0.25, 0.3) is 0 Å². The third kappa shape index (κ3) is 2.93. The summed E-state index contributed by atoms with van der Waals surface area (Å²) in [5, 5.41) is 11.2. The molecule has 6 heteroatoms. The van der Waals surface area contributed by atoms with Crippen molar-refractivity contribution in [1.29, 1.82) is 0 Å². The van der Waals surface area contributed by atoms with Crippen molar-refractivity contribution in [3.05, 3.63) is 15.8 Å². The maximum atomic E-state index is 12.9. The van der Waals surface area contributed by atoms with Gasteiger partial charge in [0.1, 0.15) is 4.90 Å². The minimum Gasteiger partial charge on any atom is -0.391 e. The Kier molecular flexibility index (Phi) is 3.92. The van der Waals surface area contributed by atoms with Crippen molar-refractivity contribution in [2.24, 2.45) is 11.8 Å². The molecule has 0 bridgehead atoms. The van der Waals surface area contributed by atoms with E-state index in [0.29, 0.717) is 34.7 Å². The predicted molar refractivity (Wildman–Crippen MR) is 79.2 cm³/mol. The van der Waals surface area contributed by atoms with Crippen LogP contribution >= 0.6 is 11.3 Å². The molecule has 1 aromatic rings. The summed E-state index contributed by atoms with van der Waals surface area (Å²) in [5.41, 5.74) is 0.760. The molecule has 2 saturated carbocycles. The summed E-state index contributed by atoms with van der Waals surface area (Å²) in [6.07, 6.45) is 4.58. The third-order valence-corrected chi connectivity index (χ3v) is 7.33. The zero-order valence-electron chi connectivity index (χ0n) is 11.7. The summed E-state index contributed by atoms with van der Waals surface area (Å²) in [4.78, 5) is 0.922. The van der Waals surface area contributed by atoms with Crippen molar-refractivity contribution in [3.63, 3.8) is 0 Å². The molecule has 3 rings (SSSR count). The summed E-state index contributed by atoms with van der Waals surface area (Å²) in [5.74, 6) is 1.08. The molecule has 112 valence electrons. The topological polar surface area (TPSA) is 57.6 Å². The smallest absolute Gasteiger partial charge is 0.244 e. The first-order chi connectivity index (χ1) is 9.52. The molecule has 20 heavy (non-hydrogen) atoms. The lowest BCUT2D eigenvalue weighted by Gasteiger charge is -2.22. The number of hydrogen-bond acceptors (Lipinski definition) is 4. The van der Waals surface area contributed by atoms with Gasteiger partial charge in [0.05, 0.1) is 11.5 Å². The van der Waals surface area contributed by atoms with E-state index in [1.165, 1.54) is 11.3 Å². The molecule has 2 aliphatic rings. The molecule has 0 atom stereocenters. The zero-order valence-corrected chi connectivity index (χ0v) is 13.3. The quantitative estimate of drug-likeness (QED) is 0.840. The largest absolute Gasteiger partial charge is 0.391 e. The van der Waals surface area contributed by atoms with Gasteiger partial charge in [-0.25, -0.2) is 8.42 Å². The van der Waals surface area contributed by atoms with Gasteiger partial charge in [0.2, 0.25) is 10.0 Å². The molecule has 0 amide bonds. The summed E-state index contributed by atoms with van der Waals surface area (Å²) < 4.78 is 27.6. The van der Waals surface area contributed by atoms with Crippen LogP contribution in [0.15, 0.2) is 10.3 Å². The fourth-order valence-electron chi connectivity index (χ4n) is 2.52. The van der Waals surface area contributed by atoms with E-state index in [1.54, 1.807) is 4.31 Å². The second-order valence-electron chi connectivity index (χ2n) is 6.04. The average Bonchev–Trinajstić information content (AvgIpc) is 3.30. The molecule has 1 N–H and O–H groups in total. The van der Waals surface area contributed by atoms with E-state index in [1.807, 2.05) is 12.3 Å². The van der Waals surface area contributed by atoms with Crippen LogP contribution in [0.4, 0.5) is 0 Å². The second-order valence-corrected chi connectivity index (χ2v) is 8.88. The molecule has 0 aromatic carbocycles. The first-order valence-corrected chi connectivity index (χ1v) is 9.52. The van der Waals surface area contributed by atoms with Gasteiger partial charge in [-0.05, 0) is 55.4 Å². The lowest BCUT2D eigenvalue weighted by atomic mass is 10.3. The minimum absolute atomic E-state index is 0.201. The maximum Gasteiger partial charge on any atom is 0.244 e. The van der Waals surface area contributed by atoms with E-state index < -0.39 is 10.0 Å². The highest BCUT2D eigenvalue weighted by molar-refractivity contribution is 7.89. The number of thiophene rings is 1. The third-order valence-electron chi connectivity index (χ3n) is 4.05. The number of aliphatic hydroxyl groups excluding tert-OH is 1. The zero-order chi connectivity index (χ0) is 14.3. The summed E-state index contributed by atoms with van der Waals surface area (Å²) in [6.45, 7) is 2.92. The van der Waals surface area contributed by atoms with E-state index in [0.717, 1.165) is 31.2 Å². The highest BCUT2D eigenvalue weighted by Gasteiger charge is 2.37. The molecule has 2 fully saturated rings. The molecule has 4 nitrogen and oxygen atoms in total. The average molecular weight is 315 g/mol. The van der Waals surface area contributed by atoms with Crippen LogP contribution < -0.4 is 0 Å². The Morgan fingerprint density at radius 3 is 2.25 bits per heavy atom. The normalized spacial score (nSPS) is 19.8. The van der Waals surface area contributed by atoms with Gasteiger partial charge in [0, 0.05) is 13.1 Å². The van der Waals surface area contributed by atoms with Crippen LogP contribution in [0.2, 0.25) is 0 Å². The Morgan fingerprint density at radius 2 is 1.80 bits per heavy atom. The second kappa shape index (κ2) is 5.40. The van der Waals surface area contributed by atoms with Gasteiger partial charge < -0.3 is 5.11 Å². The summed E-state index contributed by atoms with van der Waals surface area (Å²) >= 11 is 1.33. The van der Waals surface area contributed by atoms with E-state index in [-0.39, 0.29) is 6.61 Å². The van der Waals surface area contributed by atoms with Crippen LogP contribution in [0.5, 0.6) is 0 Å². The molecule has 1 heterocycles. The number of aryl methyl sites for hydroxylation is 1. The molecular weight excluding hydrogens is 294 g/mol. The molecular formula is C14H21NO3S2. The number of aliphatic hydroxyl groups is 1. The highest BCUT2D eigenvalue weighted by Crippen LogP contribution is 2.37. The van der Waals surface area contributed by atoms with Crippen LogP contribution in [-0.4, -0.2) is 30.9 Å². The monoisotopic (exact) mass is 315 g/mol. The van der Waals surface area contributed by atoms with Gasteiger partial charge in [-0.3, -0.25) is 0 Å². The summed E-state index contributed by atoms with van der Waals surface area (Å²) in [7, 11) is -3.46. The summed E-state index contributed by atoms with van der Waals surface area (Å²) in [6, 6.07) is 0. The standard InChI is InChI=1S/C14H21NO3S2/c1-10-9-19-13(8-16)14(10)20(17,18)15(6-11-2-3-11)7-12-4-5-12/h9,11-12,16H,2-8H2,1H3. The molecule has 2 aliphatic carbocycles. The van der Waals surface area contributed by atoms with E-state index in [2.05, 4.69) is 0 Å². The Labute approximate surface area is 124 Å². The van der Waals surface area contributed by atoms with Gasteiger partial charge in [-0.2, -0.15) is 4.31 Å². The van der Waals surface area contributed by atoms with Crippen molar-refractivity contribution >= 4 is 21.4 Å². The van der Waals surface area contributed by atoms with Crippen LogP contribution in [0, 0.1) is 18.8 Å². The Balaban J connectivity index is 1.91. The van der Waals surface area contributed by atoms with Crippen LogP contribution in [-0.2, 0) is 16.6 Å². The Hall–Kier alpha value is -0.430. The number of sulfonamides is 1. The van der Waals surface area contributed by atoms with E-state index in [4.69, 9.17) is 0 Å². The van der Waals surface area contributed by atoms with E-state index in [9.17, 15) is 13.5 Å². The number of nitrogens with zero attached hydrogens (tertiary/aromatic N) is 1. The van der Waals surface area contributed by atoms with E-state index >= 15 is 0 Å². The maximum absolute atomic E-state index is 12.9. The van der Waals surface area contributed by atoms with Crippen molar-refractivity contribution in [2.45, 2.75) is 44.1 Å². The molecule has 0 saturated heterocycles. The minimum atomic E-state index is -3.46. The first kappa shape index (κ1) is 14.5. The SMILES string of the molecule is Cc1csc(CO)c1S(=O)(=O)N(CC1CC1)CC1CC1. The fourth-order valence-corrected chi connectivity index (χ4v) is 5.72. The lowest BCUT2D eigenvalue weighted by Crippen LogP contribution is -2.35. The van der Waals surface area contributed by atoms with Crippen molar-refractivity contribution in [3.8, 4) is 0 Å². The molecule has 0 aliphatic heterocycles. The van der Waals surface area contributed by atoms with Crippen LogP contribution in [0.3, 0.4) is 0 Å². The molecule has 0 unspecified atom stereocenters. The first-order valence-electron chi connectivity index (χ1n) is 7.20. The van der Waals surface area contributed by atoms with Gasteiger partial charge in [-0.1, -0.05) is 0 Å². The van der Waals surface area contributed by atoms with Gasteiger partial charge >= 0.3 is 0 Å². The van der Waals surface area contributed by atoms with Crippen molar-refractivity contribution < 1.29 is 13.5 Å². The predicted octanol–water partition coefficient (Wildman–Crippen LogP) is 2.36. The number of hydrogen-bond donors (Lipinski definition) is 1. The van der Waals surface area contributed by atoms with Gasteiger partial charge in [0.15, 0.2) is 0 Å². The van der Waals surface area contributed by atoms with Gasteiger partial charge in [-0.15, -0.1) is 11.3 Å². The fraction of sp³-hybridized carbons (Fsp3) is 0.714. The Morgan fingerprint density at radius 1 is 1.25 bits per heavy atom. The van der Waals surface area contributed by atoms with Crippen molar-refractivity contribution in [2.75, 3.05) is 13.1 Å². The molecule has 1 aromatic heterocycles. The molecule has 0 spiro atoms. The van der Waals surface area contributed by atoms with Crippen LogP contribution in [0.25, 0.3) is 0 Å². The lowest BCUT2D eigenvalue weighted by molar-refractivity contribution is 0.282. The van der Waals surface area contributed by atoms with Crippen molar-refractivity contribution in [1.82, 2.24) is 4.31 Å². The van der Waals surface area contributed by atoms with Crippen LogP contribution in [0.1, 0.15) is 36.1 Å². The molecule has 0 radical (unpaired) electrons. The Bertz CT molecular complexity index is 572. The highest BCUT2D eigenvalue weighted by atomic mass is 32.2.